The summed E-state index contributed by atoms with van der Waals surface area (Å²) in [6.45, 7) is 1.53. The van der Waals surface area contributed by atoms with Crippen molar-refractivity contribution in [1.29, 1.82) is 0 Å². The number of likely N-dealkylation sites (tertiary alicyclic amines) is 1. The SMILES string of the molecule is O=C(CCSCc1nc2sc3c(c2c(=O)[nH]1)CCC3)N1CCCC(c2nc3ccccc3[nH]2)C1. The monoisotopic (exact) mass is 493 g/mol. The third-order valence-electron chi connectivity index (χ3n) is 6.89. The van der Waals surface area contributed by atoms with Crippen LogP contribution >= 0.6 is 23.1 Å². The number of aromatic nitrogens is 4. The van der Waals surface area contributed by atoms with Crippen LogP contribution in [-0.2, 0) is 23.4 Å². The molecule has 1 atom stereocenters. The van der Waals surface area contributed by atoms with E-state index in [0.29, 0.717) is 23.8 Å². The van der Waals surface area contributed by atoms with Gasteiger partial charge in [0.1, 0.15) is 16.5 Å². The first-order valence-electron chi connectivity index (χ1n) is 12.0. The van der Waals surface area contributed by atoms with Crippen LogP contribution in [0.2, 0.25) is 0 Å². The zero-order chi connectivity index (χ0) is 23.1. The summed E-state index contributed by atoms with van der Waals surface area (Å²) in [4.78, 5) is 45.5. The van der Waals surface area contributed by atoms with E-state index in [-0.39, 0.29) is 17.4 Å². The number of carbonyl (C=O) groups is 1. The van der Waals surface area contributed by atoms with E-state index < -0.39 is 0 Å². The van der Waals surface area contributed by atoms with Gasteiger partial charge in [-0.1, -0.05) is 12.1 Å². The number of aromatic amines is 2. The number of piperidine rings is 1. The first kappa shape index (κ1) is 21.9. The Kier molecular flexibility index (Phi) is 5.90. The topological polar surface area (TPSA) is 94.7 Å². The highest BCUT2D eigenvalue weighted by atomic mass is 32.2. The number of fused-ring (bicyclic) bond motifs is 4. The Morgan fingerprint density at radius 1 is 1.18 bits per heavy atom. The van der Waals surface area contributed by atoms with Gasteiger partial charge in [0.15, 0.2) is 0 Å². The molecule has 4 aromatic rings. The Balaban J connectivity index is 1.03. The number of benzene rings is 1. The maximum atomic E-state index is 12.9. The third-order valence-corrected chi connectivity index (χ3v) is 9.05. The summed E-state index contributed by atoms with van der Waals surface area (Å²) in [5.74, 6) is 3.47. The van der Waals surface area contributed by atoms with Crippen LogP contribution in [0.4, 0.5) is 0 Å². The molecule has 2 aliphatic rings. The predicted molar refractivity (Wildman–Crippen MR) is 138 cm³/mol. The summed E-state index contributed by atoms with van der Waals surface area (Å²) in [5.41, 5.74) is 3.23. The minimum Gasteiger partial charge on any atom is -0.342 e. The van der Waals surface area contributed by atoms with Gasteiger partial charge in [0.05, 0.1) is 22.2 Å². The largest absolute Gasteiger partial charge is 0.342 e. The lowest BCUT2D eigenvalue weighted by atomic mass is 9.97. The number of aryl methyl sites for hydroxylation is 2. The lowest BCUT2D eigenvalue weighted by Crippen LogP contribution is -2.39. The number of amides is 1. The smallest absolute Gasteiger partial charge is 0.259 e. The zero-order valence-corrected chi connectivity index (χ0v) is 20.6. The van der Waals surface area contributed by atoms with E-state index in [9.17, 15) is 9.59 Å². The van der Waals surface area contributed by atoms with Crippen molar-refractivity contribution < 1.29 is 4.79 Å². The molecule has 7 nitrogen and oxygen atoms in total. The first-order valence-corrected chi connectivity index (χ1v) is 14.0. The van der Waals surface area contributed by atoms with E-state index in [4.69, 9.17) is 9.97 Å². The minimum absolute atomic E-state index is 0.0129. The number of rotatable bonds is 6. The van der Waals surface area contributed by atoms with E-state index in [0.717, 1.165) is 72.3 Å². The number of nitrogens with one attached hydrogen (secondary N) is 2. The molecule has 4 heterocycles. The van der Waals surface area contributed by atoms with Crippen LogP contribution in [0.1, 0.15) is 53.7 Å². The second-order valence-corrected chi connectivity index (χ2v) is 11.4. The van der Waals surface area contributed by atoms with Crippen LogP contribution in [0.5, 0.6) is 0 Å². The highest BCUT2D eigenvalue weighted by molar-refractivity contribution is 7.98. The van der Waals surface area contributed by atoms with Crippen molar-refractivity contribution in [2.75, 3.05) is 18.8 Å². The predicted octanol–water partition coefficient (Wildman–Crippen LogP) is 4.38. The molecule has 6 rings (SSSR count). The molecule has 1 aliphatic heterocycles. The van der Waals surface area contributed by atoms with Crippen molar-refractivity contribution in [2.45, 2.75) is 50.2 Å². The molecule has 1 unspecified atom stereocenters. The van der Waals surface area contributed by atoms with Crippen LogP contribution in [0.3, 0.4) is 0 Å². The highest BCUT2D eigenvalue weighted by Crippen LogP contribution is 2.34. The van der Waals surface area contributed by atoms with Gasteiger partial charge in [0, 0.05) is 36.1 Å². The van der Waals surface area contributed by atoms with E-state index in [2.05, 4.69) is 9.97 Å². The molecule has 2 N–H and O–H groups in total. The Hall–Kier alpha value is -2.65. The molecule has 176 valence electrons. The van der Waals surface area contributed by atoms with Gasteiger partial charge in [-0.15, -0.1) is 11.3 Å². The zero-order valence-electron chi connectivity index (χ0n) is 18.9. The van der Waals surface area contributed by atoms with Crippen LogP contribution in [0.25, 0.3) is 21.3 Å². The Morgan fingerprint density at radius 2 is 2.09 bits per heavy atom. The average Bonchev–Trinajstić information content (AvgIpc) is 3.56. The molecule has 1 aromatic carbocycles. The standard InChI is InChI=1S/C25H27N5O2S2/c31-21(30-11-4-5-15(13-30)23-26-17-7-1-2-8-18(17)27-23)10-12-33-14-20-28-24(32)22-16-6-3-9-19(16)34-25(22)29-20/h1-2,7-8,15H,3-6,9-14H2,(H,26,27)(H,28,29,32). The molecule has 1 amide bonds. The first-order chi connectivity index (χ1) is 16.7. The van der Waals surface area contributed by atoms with Gasteiger partial charge in [0.25, 0.3) is 5.56 Å². The number of carbonyl (C=O) groups excluding carboxylic acids is 1. The Bertz CT molecular complexity index is 1390. The molecule has 34 heavy (non-hydrogen) atoms. The van der Waals surface area contributed by atoms with Crippen molar-refractivity contribution in [3.8, 4) is 0 Å². The third kappa shape index (κ3) is 4.15. The van der Waals surface area contributed by atoms with Gasteiger partial charge in [0.2, 0.25) is 5.91 Å². The fourth-order valence-electron chi connectivity index (χ4n) is 5.19. The van der Waals surface area contributed by atoms with Gasteiger partial charge in [-0.25, -0.2) is 9.97 Å². The maximum Gasteiger partial charge on any atom is 0.259 e. The summed E-state index contributed by atoms with van der Waals surface area (Å²) in [6.07, 6.45) is 5.73. The highest BCUT2D eigenvalue weighted by Gasteiger charge is 2.26. The van der Waals surface area contributed by atoms with Crippen molar-refractivity contribution in [1.82, 2.24) is 24.8 Å². The van der Waals surface area contributed by atoms with Gasteiger partial charge in [-0.2, -0.15) is 11.8 Å². The van der Waals surface area contributed by atoms with E-state index in [1.54, 1.807) is 23.1 Å². The number of hydrogen-bond donors (Lipinski definition) is 2. The molecule has 0 spiro atoms. The summed E-state index contributed by atoms with van der Waals surface area (Å²) in [6, 6.07) is 8.06. The number of thiophene rings is 1. The molecule has 1 aliphatic carbocycles. The van der Waals surface area contributed by atoms with Gasteiger partial charge < -0.3 is 14.9 Å². The fourth-order valence-corrected chi connectivity index (χ4v) is 7.27. The molecule has 0 saturated carbocycles. The Labute approximate surface area is 205 Å². The van der Waals surface area contributed by atoms with E-state index in [1.165, 1.54) is 10.4 Å². The molecule has 0 bridgehead atoms. The van der Waals surface area contributed by atoms with Crippen LogP contribution < -0.4 is 5.56 Å². The summed E-state index contributed by atoms with van der Waals surface area (Å²) in [7, 11) is 0. The second kappa shape index (κ2) is 9.19. The van der Waals surface area contributed by atoms with Crippen molar-refractivity contribution in [2.24, 2.45) is 0 Å². The molecule has 9 heteroatoms. The lowest BCUT2D eigenvalue weighted by molar-refractivity contribution is -0.131. The molecular weight excluding hydrogens is 466 g/mol. The number of H-pyrrole nitrogens is 2. The lowest BCUT2D eigenvalue weighted by Gasteiger charge is -2.32. The van der Waals surface area contributed by atoms with Crippen molar-refractivity contribution in [3.63, 3.8) is 0 Å². The quantitative estimate of drug-likeness (QED) is 0.389. The summed E-state index contributed by atoms with van der Waals surface area (Å²) < 4.78 is 0. The number of imidazole rings is 1. The minimum atomic E-state index is -0.0129. The second-order valence-electron chi connectivity index (χ2n) is 9.17. The number of para-hydroxylation sites is 2. The van der Waals surface area contributed by atoms with E-state index >= 15 is 0 Å². The summed E-state index contributed by atoms with van der Waals surface area (Å²) in [5, 5.41) is 0.797. The number of hydrogen-bond acceptors (Lipinski definition) is 6. The van der Waals surface area contributed by atoms with Gasteiger partial charge in [-0.3, -0.25) is 9.59 Å². The van der Waals surface area contributed by atoms with Crippen molar-refractivity contribution in [3.05, 3.63) is 56.7 Å². The van der Waals surface area contributed by atoms with Crippen LogP contribution in [0.15, 0.2) is 29.1 Å². The maximum absolute atomic E-state index is 12.9. The molecular formula is C25H27N5O2S2. The molecule has 0 radical (unpaired) electrons. The van der Waals surface area contributed by atoms with Gasteiger partial charge in [-0.05, 0) is 49.8 Å². The van der Waals surface area contributed by atoms with Crippen LogP contribution in [-0.4, -0.2) is 49.6 Å². The van der Waals surface area contributed by atoms with Gasteiger partial charge >= 0.3 is 0 Å². The van der Waals surface area contributed by atoms with Crippen LogP contribution in [0, 0.1) is 0 Å². The van der Waals surface area contributed by atoms with Crippen molar-refractivity contribution >= 4 is 50.3 Å². The van der Waals surface area contributed by atoms with E-state index in [1.807, 2.05) is 29.2 Å². The molecule has 3 aromatic heterocycles. The fraction of sp³-hybridized carbons (Fsp3) is 0.440. The average molecular weight is 494 g/mol. The Morgan fingerprint density at radius 3 is 3.00 bits per heavy atom. The summed E-state index contributed by atoms with van der Waals surface area (Å²) >= 11 is 3.32. The molecule has 1 saturated heterocycles. The molecule has 1 fully saturated rings. The normalized spacial score (nSPS) is 18.1. The number of thioether (sulfide) groups is 1. The number of nitrogens with zero attached hydrogens (tertiary/aromatic N) is 3.